The van der Waals surface area contributed by atoms with E-state index < -0.39 is 14.4 Å². The maximum absolute atomic E-state index is 12.8. The van der Waals surface area contributed by atoms with Crippen LogP contribution in [-0.2, 0) is 23.2 Å². The summed E-state index contributed by atoms with van der Waals surface area (Å²) in [6, 6.07) is 41.5. The molecule has 5 aliphatic heterocycles. The Balaban J connectivity index is 0.000000168. The summed E-state index contributed by atoms with van der Waals surface area (Å²) in [6.45, 7) is 36.8. The number of pyridine rings is 2. The van der Waals surface area contributed by atoms with E-state index in [9.17, 15) is 14.7 Å². The largest absolute Gasteiger partial charge is 0.486 e. The number of halogens is 1. The molecule has 7 heterocycles. The van der Waals surface area contributed by atoms with Gasteiger partial charge in [-0.15, -0.1) is 0 Å². The number of morpholine rings is 2. The number of urea groups is 2. The third-order valence-corrected chi connectivity index (χ3v) is 24.6. The quantitative estimate of drug-likeness (QED) is 0.0622. The van der Waals surface area contributed by atoms with Gasteiger partial charge < -0.3 is 58.5 Å². The molecule has 508 valence electrons. The number of hydrogen-bond acceptors (Lipinski definition) is 12. The van der Waals surface area contributed by atoms with Crippen molar-refractivity contribution in [3.63, 3.8) is 0 Å². The van der Waals surface area contributed by atoms with Gasteiger partial charge in [-0.25, -0.2) is 19.6 Å². The highest BCUT2D eigenvalue weighted by Gasteiger charge is 2.52. The van der Waals surface area contributed by atoms with Gasteiger partial charge in [0.05, 0.1) is 55.5 Å². The van der Waals surface area contributed by atoms with Crippen molar-refractivity contribution in [1.29, 1.82) is 0 Å². The van der Waals surface area contributed by atoms with Gasteiger partial charge in [-0.05, 0) is 183 Å². The van der Waals surface area contributed by atoms with Gasteiger partial charge >= 0.3 is 19.2 Å². The highest BCUT2D eigenvalue weighted by molar-refractivity contribution is 6.99. The van der Waals surface area contributed by atoms with E-state index in [-0.39, 0.29) is 41.5 Å². The third-order valence-electron chi connectivity index (χ3n) is 19.3. The van der Waals surface area contributed by atoms with Crippen molar-refractivity contribution in [3.05, 3.63) is 161 Å². The molecule has 19 heteroatoms. The molecule has 16 nitrogen and oxygen atoms in total. The molecule has 0 aliphatic carbocycles. The Morgan fingerprint density at radius 3 is 1.55 bits per heavy atom. The van der Waals surface area contributed by atoms with E-state index in [4.69, 9.17) is 39.8 Å². The van der Waals surface area contributed by atoms with E-state index in [2.05, 4.69) is 187 Å². The number of aryl methyl sites for hydroxylation is 2. The molecule has 0 unspecified atom stereocenters. The van der Waals surface area contributed by atoms with Gasteiger partial charge in [0.25, 0.3) is 8.32 Å². The van der Waals surface area contributed by atoms with Crippen LogP contribution in [0.4, 0.5) is 32.6 Å². The van der Waals surface area contributed by atoms with Crippen LogP contribution in [0, 0.1) is 25.7 Å². The molecule has 0 bridgehead atoms. The fourth-order valence-electron chi connectivity index (χ4n) is 12.9. The van der Waals surface area contributed by atoms with Crippen LogP contribution in [0.2, 0.25) is 10.2 Å². The van der Waals surface area contributed by atoms with E-state index in [0.717, 1.165) is 140 Å². The lowest BCUT2D eigenvalue weighted by Gasteiger charge is -2.44. The van der Waals surface area contributed by atoms with Crippen molar-refractivity contribution < 1.29 is 37.9 Å². The molecule has 4 atom stereocenters. The number of nitrogens with zero attached hydrogens (tertiary/aromatic N) is 6. The number of amides is 4. The van der Waals surface area contributed by atoms with Gasteiger partial charge in [-0.3, -0.25) is 0 Å². The fraction of sp³-hybridized carbons (Fsp3) is 0.474. The minimum atomic E-state index is -2.58. The van der Waals surface area contributed by atoms with Crippen molar-refractivity contribution in [1.82, 2.24) is 19.8 Å². The van der Waals surface area contributed by atoms with E-state index in [1.54, 1.807) is 13.0 Å². The Kier molecular flexibility index (Phi) is 24.7. The normalized spacial score (nSPS) is 19.5. The summed E-state index contributed by atoms with van der Waals surface area (Å²) in [6.07, 6.45) is 9.43. The molecule has 0 radical (unpaired) electrons. The average Bonchev–Trinajstić information content (AvgIpc) is 1.46. The second kappa shape index (κ2) is 32.5. The molecule has 5 aliphatic rings. The first-order chi connectivity index (χ1) is 45.3. The molecule has 5 fully saturated rings. The fourth-order valence-corrected chi connectivity index (χ4v) is 17.8. The van der Waals surface area contributed by atoms with E-state index in [1.807, 2.05) is 70.4 Å². The molecule has 0 spiro atoms. The van der Waals surface area contributed by atoms with Crippen molar-refractivity contribution >= 4 is 78.6 Å². The predicted molar refractivity (Wildman–Crippen MR) is 392 cm³/mol. The second-order valence-corrected chi connectivity index (χ2v) is 32.5. The Hall–Kier alpha value is -6.87. The highest BCUT2D eigenvalue weighted by atomic mass is 35.5. The number of ether oxygens (including phenoxy) is 2. The summed E-state index contributed by atoms with van der Waals surface area (Å²) < 4.78 is 30.3. The molecule has 6 aromatic rings. The van der Waals surface area contributed by atoms with Gasteiger partial charge in [0, 0.05) is 63.7 Å². The van der Waals surface area contributed by atoms with E-state index >= 15 is 0 Å². The molecule has 4 amide bonds. The number of anilines is 4. The lowest BCUT2D eigenvalue weighted by Crippen LogP contribution is -2.67. The number of carbonyl (C=O) groups is 2. The first kappa shape index (κ1) is 72.4. The van der Waals surface area contributed by atoms with Crippen LogP contribution in [0.1, 0.15) is 119 Å². The van der Waals surface area contributed by atoms with Crippen LogP contribution in [-0.4, -0.2) is 155 Å². The number of hydrogen-bond donors (Lipinski definition) is 3. The Labute approximate surface area is 572 Å². The predicted octanol–water partition coefficient (Wildman–Crippen LogP) is 14.5. The number of aromatic nitrogens is 2. The molecule has 5 saturated heterocycles. The van der Waals surface area contributed by atoms with Gasteiger partial charge in [0.1, 0.15) is 16.8 Å². The van der Waals surface area contributed by atoms with Crippen molar-refractivity contribution in [2.75, 3.05) is 99.2 Å². The number of aliphatic hydroxyl groups excluding tert-OH is 1. The number of rotatable bonds is 16. The summed E-state index contributed by atoms with van der Waals surface area (Å²) in [4.78, 5) is 43.1. The lowest BCUT2D eigenvalue weighted by molar-refractivity contribution is 0.00578. The number of carbonyl (C=O) groups excluding carboxylic acids is 2. The van der Waals surface area contributed by atoms with Crippen molar-refractivity contribution in [2.45, 2.75) is 144 Å². The van der Waals surface area contributed by atoms with Gasteiger partial charge in [-0.2, -0.15) is 0 Å². The Bertz CT molecular complexity index is 3520. The summed E-state index contributed by atoms with van der Waals surface area (Å²) in [5, 5.41) is 18.9. The minimum absolute atomic E-state index is 0.0254. The molecule has 95 heavy (non-hydrogen) atoms. The van der Waals surface area contributed by atoms with E-state index in [0.29, 0.717) is 43.4 Å². The van der Waals surface area contributed by atoms with Crippen LogP contribution in [0.25, 0.3) is 28.3 Å². The minimum Gasteiger partial charge on any atom is -0.401 e. The highest BCUT2D eigenvalue weighted by Crippen LogP contribution is 2.40. The number of aliphatic hydroxyl groups is 1. The zero-order valence-electron chi connectivity index (χ0n) is 58.4. The number of nitrogens with one attached hydrogen (secondary N) is 2. The zero-order valence-corrected chi connectivity index (χ0v) is 60.2. The van der Waals surface area contributed by atoms with Gasteiger partial charge in [0.15, 0.2) is 0 Å². The molecular weight excluding hydrogens is 1230 g/mol. The smallest absolute Gasteiger partial charge is 0.401 e. The first-order valence-electron chi connectivity index (χ1n) is 34.2. The number of likely N-dealkylation sites (tertiary alicyclic amines) is 2. The molecule has 4 aromatic carbocycles. The summed E-state index contributed by atoms with van der Waals surface area (Å²) in [5.41, 5.74) is 8.04. The van der Waals surface area contributed by atoms with Crippen LogP contribution in [0.15, 0.2) is 139 Å². The molecule has 11 rings (SSSR count). The summed E-state index contributed by atoms with van der Waals surface area (Å²) in [5.74, 6) is 4.96. The summed E-state index contributed by atoms with van der Waals surface area (Å²) in [7, 11) is -2.94. The SMILES string of the molecule is CC[C@@H]1CCN(C(=O)Nc2ccc(C)c(-c3cc(/C=C/[C@@H](C)O)nc(N4CCOCC4)c3)c2)C1.CC[C@@H]1CCN(C(=O)Nc2ccc(C)c(-c3cc(Cl)nc(N4CCOCC4)c3)c2)C1.C[C@H](/C=C/B1OC(C)(C)C(C)(C)O1)O[Si](c1ccccc1)(c1ccccc1)C(C)(C)C. The molecule has 3 N–H and O–H groups in total. The zero-order chi connectivity index (χ0) is 68.1. The standard InChI is InChI=1S/C27H36N4O3.C26H37BO3Si.C23H29ClN4O2/c1-4-21-9-10-31(18-21)27(33)29-24-7-5-19(2)25(17-24)22-15-23(8-6-20(3)32)28-26(16-22)30-11-13-34-14-12-30;1-21(19-20-27-29-25(5,6)26(7,8)30-27)28-31(24(2,3)4,22-15-11-9-12-16-22)23-17-13-10-14-18-23;1-3-17-6-7-28(15-17)23(29)25-19-5-4-16(2)20(14-19)18-12-21(24)26-22(13-18)27-8-10-30-11-9-27/h5-8,15-17,20-21,32H,4,9-14,18H2,1-3H3,(H,29,33);9-21H,1-8H3;4-5,12-14,17H,3,6-11,15H2,1-2H3,(H,25,29)/b8-6+;20-19+;/t20-,21-;21-;17-/m111/s1. The average molecular weight is 1330 g/mol. The van der Waals surface area contributed by atoms with E-state index in [1.165, 1.54) is 10.4 Å². The van der Waals surface area contributed by atoms with Crippen LogP contribution < -0.4 is 30.8 Å². The second-order valence-electron chi connectivity index (χ2n) is 27.9. The molecule has 2 aromatic heterocycles. The van der Waals surface area contributed by atoms with Gasteiger partial charge in [-0.1, -0.05) is 150 Å². The van der Waals surface area contributed by atoms with Crippen molar-refractivity contribution in [3.8, 4) is 22.3 Å². The van der Waals surface area contributed by atoms with Gasteiger partial charge in [0.2, 0.25) is 0 Å². The van der Waals surface area contributed by atoms with Crippen LogP contribution in [0.5, 0.6) is 0 Å². The number of benzene rings is 4. The maximum atomic E-state index is 12.8. The topological polar surface area (TPSA) is 163 Å². The molecule has 0 saturated carbocycles. The Morgan fingerprint density at radius 1 is 0.663 bits per heavy atom. The molecular formula is C76H102BClN8O8Si. The monoisotopic (exact) mass is 1330 g/mol. The first-order valence-corrected chi connectivity index (χ1v) is 36.5. The van der Waals surface area contributed by atoms with Crippen molar-refractivity contribution in [2.24, 2.45) is 11.8 Å². The maximum Gasteiger partial charge on any atom is 0.486 e. The lowest BCUT2D eigenvalue weighted by atomic mass is 9.89. The summed E-state index contributed by atoms with van der Waals surface area (Å²) >= 11 is 6.36. The van der Waals surface area contributed by atoms with Crippen LogP contribution in [0.3, 0.4) is 0 Å². The third kappa shape index (κ3) is 18.6. The van der Waals surface area contributed by atoms with Crippen LogP contribution >= 0.6 is 11.6 Å². The Morgan fingerprint density at radius 2 is 1.12 bits per heavy atom.